The zero-order chi connectivity index (χ0) is 20.6. The summed E-state index contributed by atoms with van der Waals surface area (Å²) in [5.41, 5.74) is 2.09. The van der Waals surface area contributed by atoms with Crippen LogP contribution in [0, 0.1) is 12.7 Å². The number of halogens is 1. The Balaban J connectivity index is 2.12. The van der Waals surface area contributed by atoms with Gasteiger partial charge in [0, 0.05) is 29.3 Å². The Hall–Kier alpha value is -2.96. The third-order valence-corrected chi connectivity index (χ3v) is 4.64. The predicted molar refractivity (Wildman–Crippen MR) is 103 cm³/mol. The van der Waals surface area contributed by atoms with Crippen molar-refractivity contribution in [1.29, 1.82) is 0 Å². The van der Waals surface area contributed by atoms with Crippen LogP contribution in [-0.2, 0) is 14.9 Å². The Morgan fingerprint density at radius 1 is 1.32 bits per heavy atom. The number of nitrogens with zero attached hydrogens (tertiary/aromatic N) is 2. The van der Waals surface area contributed by atoms with Gasteiger partial charge in [-0.05, 0) is 39.0 Å². The normalized spacial score (nSPS) is 15.7. The average molecular weight is 385 g/mol. The Morgan fingerprint density at radius 3 is 2.68 bits per heavy atom. The highest BCUT2D eigenvalue weighted by Gasteiger charge is 2.37. The summed E-state index contributed by atoms with van der Waals surface area (Å²) in [6.07, 6.45) is 1.16. The van der Waals surface area contributed by atoms with Gasteiger partial charge in [-0.3, -0.25) is 9.89 Å². The third-order valence-electron chi connectivity index (χ3n) is 4.64. The van der Waals surface area contributed by atoms with Crippen molar-refractivity contribution in [3.63, 3.8) is 0 Å². The number of amides is 1. The number of H-pyrrole nitrogens is 1. The summed E-state index contributed by atoms with van der Waals surface area (Å²) in [7, 11) is 0. The molecule has 3 rings (SSSR count). The Kier molecular flexibility index (Phi) is 5.10. The number of aromatic nitrogens is 2. The Bertz CT molecular complexity index is 960. The lowest BCUT2D eigenvalue weighted by Gasteiger charge is -2.29. The molecule has 2 heterocycles. The van der Waals surface area contributed by atoms with Gasteiger partial charge >= 0.3 is 5.97 Å². The summed E-state index contributed by atoms with van der Waals surface area (Å²) in [5.74, 6) is -1.43. The first kappa shape index (κ1) is 19.8. The second kappa shape index (κ2) is 7.22. The van der Waals surface area contributed by atoms with Crippen molar-refractivity contribution in [2.24, 2.45) is 0 Å². The molecule has 0 atom stereocenters. The van der Waals surface area contributed by atoms with Crippen molar-refractivity contribution in [2.45, 2.75) is 46.1 Å². The minimum atomic E-state index is -0.547. The van der Waals surface area contributed by atoms with Crippen LogP contribution >= 0.6 is 0 Å². The number of fused-ring (bicyclic) bond motifs is 1. The largest absolute Gasteiger partial charge is 0.459 e. The lowest BCUT2D eigenvalue weighted by atomic mass is 9.82. The van der Waals surface area contributed by atoms with E-state index in [4.69, 9.17) is 4.74 Å². The monoisotopic (exact) mass is 385 g/mol. The summed E-state index contributed by atoms with van der Waals surface area (Å²) in [4.78, 5) is 27.3. The molecule has 0 bridgehead atoms. The van der Waals surface area contributed by atoms with Gasteiger partial charge in [0.05, 0.1) is 17.5 Å². The van der Waals surface area contributed by atoms with Crippen molar-refractivity contribution >= 4 is 17.4 Å². The molecular formula is C21H24FN3O3. The van der Waals surface area contributed by atoms with Crippen LogP contribution in [0.5, 0.6) is 0 Å². The summed E-state index contributed by atoms with van der Waals surface area (Å²) < 4.78 is 19.0. The molecule has 1 aliphatic rings. The molecule has 1 aliphatic heterocycles. The molecule has 6 nitrogen and oxygen atoms in total. The van der Waals surface area contributed by atoms with E-state index in [1.165, 1.54) is 29.3 Å². The van der Waals surface area contributed by atoms with Crippen LogP contribution in [0.15, 0.2) is 30.5 Å². The minimum absolute atomic E-state index is 0.212. The molecule has 0 radical (unpaired) electrons. The molecule has 1 aromatic carbocycles. The molecule has 28 heavy (non-hydrogen) atoms. The van der Waals surface area contributed by atoms with E-state index in [0.717, 1.165) is 11.3 Å². The van der Waals surface area contributed by atoms with Gasteiger partial charge in [0.15, 0.2) is 0 Å². The van der Waals surface area contributed by atoms with E-state index in [2.05, 4.69) is 10.2 Å². The lowest BCUT2D eigenvalue weighted by Crippen LogP contribution is -2.37. The fourth-order valence-electron chi connectivity index (χ4n) is 3.58. The second-order valence-corrected chi connectivity index (χ2v) is 7.88. The molecule has 0 fully saturated rings. The number of rotatable bonds is 3. The molecule has 1 N–H and O–H groups in total. The first-order chi connectivity index (χ1) is 13.1. The van der Waals surface area contributed by atoms with Gasteiger partial charge in [-0.2, -0.15) is 5.10 Å². The van der Waals surface area contributed by atoms with Crippen LogP contribution in [0.2, 0.25) is 0 Å². The van der Waals surface area contributed by atoms with Crippen LogP contribution in [0.25, 0.3) is 5.57 Å². The number of aromatic amines is 1. The van der Waals surface area contributed by atoms with Crippen LogP contribution in [-0.4, -0.2) is 39.6 Å². The topological polar surface area (TPSA) is 75.3 Å². The second-order valence-electron chi connectivity index (χ2n) is 7.88. The maximum absolute atomic E-state index is 13.6. The van der Waals surface area contributed by atoms with Gasteiger partial charge in [-0.1, -0.05) is 19.9 Å². The van der Waals surface area contributed by atoms with E-state index >= 15 is 0 Å². The van der Waals surface area contributed by atoms with Gasteiger partial charge in [-0.25, -0.2) is 9.18 Å². The molecule has 7 heteroatoms. The van der Waals surface area contributed by atoms with E-state index in [1.54, 1.807) is 19.9 Å². The first-order valence-corrected chi connectivity index (χ1v) is 9.15. The highest BCUT2D eigenvalue weighted by molar-refractivity contribution is 6.17. The zero-order valence-corrected chi connectivity index (χ0v) is 16.7. The molecule has 2 aromatic rings. The van der Waals surface area contributed by atoms with Gasteiger partial charge in [0.1, 0.15) is 11.4 Å². The summed E-state index contributed by atoms with van der Waals surface area (Å²) in [6.45, 7) is 9.62. The van der Waals surface area contributed by atoms with Crippen molar-refractivity contribution in [1.82, 2.24) is 15.1 Å². The van der Waals surface area contributed by atoms with Crippen LogP contribution in [0.1, 0.15) is 55.0 Å². The molecule has 0 aliphatic carbocycles. The molecule has 0 saturated carbocycles. The van der Waals surface area contributed by atoms with E-state index < -0.39 is 23.1 Å². The van der Waals surface area contributed by atoms with Gasteiger partial charge in [0.2, 0.25) is 0 Å². The van der Waals surface area contributed by atoms with E-state index in [-0.39, 0.29) is 17.2 Å². The molecule has 0 spiro atoms. The van der Waals surface area contributed by atoms with Crippen molar-refractivity contribution in [2.75, 3.05) is 6.54 Å². The highest BCUT2D eigenvalue weighted by Crippen LogP contribution is 2.36. The number of carbonyl (C=O) groups excluding carboxylic acids is 2. The van der Waals surface area contributed by atoms with Crippen LogP contribution in [0.3, 0.4) is 0 Å². The lowest BCUT2D eigenvalue weighted by molar-refractivity contribution is -0.140. The number of hydrogen-bond acceptors (Lipinski definition) is 4. The quantitative estimate of drug-likeness (QED) is 0.820. The number of hydrogen-bond donors (Lipinski definition) is 1. The maximum Gasteiger partial charge on any atom is 0.342 e. The van der Waals surface area contributed by atoms with Crippen molar-refractivity contribution in [3.8, 4) is 0 Å². The van der Waals surface area contributed by atoms with Crippen LogP contribution in [0.4, 0.5) is 4.39 Å². The van der Waals surface area contributed by atoms with Crippen molar-refractivity contribution < 1.29 is 18.7 Å². The number of carbonyl (C=O) groups is 2. The fraction of sp³-hybridized carbons (Fsp3) is 0.381. The number of nitrogens with one attached hydrogen (secondary N) is 1. The van der Waals surface area contributed by atoms with E-state index in [1.807, 2.05) is 20.8 Å². The third kappa shape index (κ3) is 3.69. The van der Waals surface area contributed by atoms with Crippen LogP contribution < -0.4 is 0 Å². The Morgan fingerprint density at radius 2 is 2.04 bits per heavy atom. The number of aryl methyl sites for hydroxylation is 1. The van der Waals surface area contributed by atoms with Gasteiger partial charge < -0.3 is 9.64 Å². The molecular weight excluding hydrogens is 361 g/mol. The zero-order valence-electron chi connectivity index (χ0n) is 16.7. The van der Waals surface area contributed by atoms with Gasteiger partial charge in [-0.15, -0.1) is 0 Å². The summed E-state index contributed by atoms with van der Waals surface area (Å²) >= 11 is 0. The molecule has 148 valence electrons. The van der Waals surface area contributed by atoms with E-state index in [0.29, 0.717) is 12.2 Å². The molecule has 1 aromatic heterocycles. The smallest absolute Gasteiger partial charge is 0.342 e. The number of ether oxygens (including phenoxy) is 1. The maximum atomic E-state index is 13.6. The standard InChI is InChI=1S/C21H24FN3O3/c1-12(2)28-20(27)16-10-25(19(26)14-7-6-8-15(22)9-14)11-21(4,5)17-13(3)23-24-18(16)17/h6-10,12H,11H2,1-5H3,(H,23,24). The minimum Gasteiger partial charge on any atom is -0.459 e. The SMILES string of the molecule is Cc1n[nH]c2c1C(C)(C)CN(C(=O)c1cccc(F)c1)C=C2C(=O)OC(C)C. The number of esters is 1. The number of benzene rings is 1. The van der Waals surface area contributed by atoms with Gasteiger partial charge in [0.25, 0.3) is 5.91 Å². The summed E-state index contributed by atoms with van der Waals surface area (Å²) in [6, 6.07) is 5.51. The molecule has 0 unspecified atom stereocenters. The van der Waals surface area contributed by atoms with E-state index in [9.17, 15) is 14.0 Å². The van der Waals surface area contributed by atoms with Crippen molar-refractivity contribution in [3.05, 3.63) is 58.8 Å². The molecule has 0 saturated heterocycles. The highest BCUT2D eigenvalue weighted by atomic mass is 19.1. The average Bonchev–Trinajstić information content (AvgIpc) is 2.93. The predicted octanol–water partition coefficient (Wildman–Crippen LogP) is 3.58. The fourth-order valence-corrected chi connectivity index (χ4v) is 3.58. The Labute approximate surface area is 163 Å². The summed E-state index contributed by atoms with van der Waals surface area (Å²) in [5, 5.41) is 7.18. The first-order valence-electron chi connectivity index (χ1n) is 9.15. The molecule has 1 amide bonds.